The minimum atomic E-state index is -5.00. The third-order valence-electron chi connectivity index (χ3n) is 4.26. The normalized spacial score (nSPS) is 12.2. The van der Waals surface area contributed by atoms with Gasteiger partial charge in [-0.3, -0.25) is 4.68 Å². The fourth-order valence-corrected chi connectivity index (χ4v) is 4.13. The Hall–Kier alpha value is -2.85. The van der Waals surface area contributed by atoms with Crippen LogP contribution in [0.2, 0.25) is 0 Å². The molecule has 0 amide bonds. The van der Waals surface area contributed by atoms with E-state index >= 15 is 0 Å². The van der Waals surface area contributed by atoms with Crippen molar-refractivity contribution in [2.45, 2.75) is 38.2 Å². The molecule has 3 rings (SSSR count). The van der Waals surface area contributed by atoms with Gasteiger partial charge in [0.15, 0.2) is 0 Å². The second-order valence-corrected chi connectivity index (χ2v) is 8.46. The summed E-state index contributed by atoms with van der Waals surface area (Å²) in [5.74, 6) is -0.782. The Balaban J connectivity index is 1.75. The Morgan fingerprint density at radius 3 is 2.40 bits per heavy atom. The van der Waals surface area contributed by atoms with E-state index < -0.39 is 27.0 Å². The fourth-order valence-electron chi connectivity index (χ4n) is 2.98. The minimum absolute atomic E-state index is 0.0896. The summed E-state index contributed by atoms with van der Waals surface area (Å²) in [4.78, 5) is -0.582. The molecule has 2 aromatic carbocycles. The van der Waals surface area contributed by atoms with Gasteiger partial charge in [-0.25, -0.2) is 13.1 Å². The lowest BCUT2D eigenvalue weighted by atomic mass is 10.1. The van der Waals surface area contributed by atoms with Crippen LogP contribution in [0.25, 0.3) is 0 Å². The first-order valence-electron chi connectivity index (χ1n) is 8.97. The van der Waals surface area contributed by atoms with E-state index in [4.69, 9.17) is 0 Å². The van der Waals surface area contributed by atoms with Crippen molar-refractivity contribution in [3.05, 3.63) is 77.1 Å². The zero-order valence-corrected chi connectivity index (χ0v) is 17.1. The molecule has 1 heterocycles. The average molecular weight is 439 g/mol. The number of rotatable bonds is 7. The Bertz CT molecular complexity index is 1140. The summed E-state index contributed by atoms with van der Waals surface area (Å²) in [5, 5.41) is 4.40. The van der Waals surface area contributed by atoms with Crippen molar-refractivity contribution in [1.29, 1.82) is 0 Å². The predicted octanol–water partition coefficient (Wildman–Crippen LogP) is 3.93. The lowest BCUT2D eigenvalue weighted by molar-refractivity contribution is -0.275. The number of halogens is 3. The van der Waals surface area contributed by atoms with Gasteiger partial charge in [-0.05, 0) is 43.2 Å². The van der Waals surface area contributed by atoms with Crippen LogP contribution in [0.4, 0.5) is 13.2 Å². The van der Waals surface area contributed by atoms with Gasteiger partial charge in [0.05, 0.1) is 12.2 Å². The van der Waals surface area contributed by atoms with Gasteiger partial charge in [0.2, 0.25) is 10.0 Å². The third kappa shape index (κ3) is 5.61. The maximum atomic E-state index is 12.6. The SMILES string of the molecule is Cc1cc(C)n(Cc2cccc(CNS(=O)(=O)c3ccccc3OC(F)(F)F)c2)n1. The molecule has 0 aliphatic carbocycles. The van der Waals surface area contributed by atoms with Gasteiger partial charge in [0.25, 0.3) is 0 Å². The van der Waals surface area contributed by atoms with Crippen molar-refractivity contribution >= 4 is 10.0 Å². The van der Waals surface area contributed by atoms with Crippen LogP contribution in [-0.2, 0) is 23.1 Å². The molecule has 0 unspecified atom stereocenters. The number of hydrogen-bond acceptors (Lipinski definition) is 4. The van der Waals surface area contributed by atoms with Gasteiger partial charge >= 0.3 is 6.36 Å². The van der Waals surface area contributed by atoms with E-state index in [1.54, 1.807) is 12.1 Å². The molecule has 1 aromatic heterocycles. The van der Waals surface area contributed by atoms with E-state index in [1.807, 2.05) is 36.7 Å². The van der Waals surface area contributed by atoms with E-state index in [2.05, 4.69) is 14.6 Å². The molecule has 10 heteroatoms. The molecular formula is C20H20F3N3O3S. The second kappa shape index (κ2) is 8.49. The Morgan fingerprint density at radius 2 is 1.73 bits per heavy atom. The Labute approximate surface area is 172 Å². The van der Waals surface area contributed by atoms with Crippen LogP contribution < -0.4 is 9.46 Å². The number of nitrogens with zero attached hydrogens (tertiary/aromatic N) is 2. The summed E-state index contributed by atoms with van der Waals surface area (Å²) < 4.78 is 70.8. The van der Waals surface area contributed by atoms with Crippen LogP contribution in [0.5, 0.6) is 5.75 Å². The number of hydrogen-bond donors (Lipinski definition) is 1. The quantitative estimate of drug-likeness (QED) is 0.606. The summed E-state index contributed by atoms with van der Waals surface area (Å²) >= 11 is 0. The molecular weight excluding hydrogens is 419 g/mol. The molecule has 0 aliphatic rings. The number of ether oxygens (including phenoxy) is 1. The van der Waals surface area contributed by atoms with Crippen LogP contribution in [0, 0.1) is 13.8 Å². The zero-order chi connectivity index (χ0) is 21.9. The summed E-state index contributed by atoms with van der Waals surface area (Å²) in [7, 11) is -4.23. The van der Waals surface area contributed by atoms with E-state index in [-0.39, 0.29) is 6.54 Å². The van der Waals surface area contributed by atoms with E-state index in [0.717, 1.165) is 29.1 Å². The maximum Gasteiger partial charge on any atom is 0.573 e. The van der Waals surface area contributed by atoms with Gasteiger partial charge in [-0.1, -0.05) is 36.4 Å². The van der Waals surface area contributed by atoms with Crippen LogP contribution in [0.1, 0.15) is 22.5 Å². The molecule has 0 fully saturated rings. The highest BCUT2D eigenvalue weighted by atomic mass is 32.2. The number of aromatic nitrogens is 2. The van der Waals surface area contributed by atoms with Crippen molar-refractivity contribution in [2.75, 3.05) is 0 Å². The molecule has 0 saturated carbocycles. The van der Waals surface area contributed by atoms with Gasteiger partial charge in [0.1, 0.15) is 10.6 Å². The van der Waals surface area contributed by atoms with Crippen LogP contribution >= 0.6 is 0 Å². The van der Waals surface area contributed by atoms with Crippen molar-refractivity contribution in [2.24, 2.45) is 0 Å². The molecule has 0 saturated heterocycles. The standard InChI is InChI=1S/C20H20F3N3O3S/c1-14-10-15(2)26(25-14)13-17-7-5-6-16(11-17)12-24-30(27,28)19-9-4-3-8-18(19)29-20(21,22)23/h3-11,24H,12-13H2,1-2H3. The molecule has 3 aromatic rings. The monoisotopic (exact) mass is 439 g/mol. The molecule has 30 heavy (non-hydrogen) atoms. The number of sulfonamides is 1. The number of para-hydroxylation sites is 1. The zero-order valence-electron chi connectivity index (χ0n) is 16.3. The number of aryl methyl sites for hydroxylation is 2. The molecule has 0 atom stereocenters. The molecule has 1 N–H and O–H groups in total. The molecule has 0 aliphatic heterocycles. The summed E-state index contributed by atoms with van der Waals surface area (Å²) in [5.41, 5.74) is 3.47. The predicted molar refractivity (Wildman–Crippen MR) is 104 cm³/mol. The number of nitrogens with one attached hydrogen (secondary N) is 1. The Morgan fingerprint density at radius 1 is 1.03 bits per heavy atom. The first-order chi connectivity index (χ1) is 14.0. The topological polar surface area (TPSA) is 73.2 Å². The number of alkyl halides is 3. The summed E-state index contributed by atoms with van der Waals surface area (Å²) in [6.45, 7) is 4.27. The van der Waals surface area contributed by atoms with Gasteiger partial charge in [0, 0.05) is 12.2 Å². The fraction of sp³-hybridized carbons (Fsp3) is 0.250. The first kappa shape index (κ1) is 21.8. The highest BCUT2D eigenvalue weighted by Gasteiger charge is 2.33. The second-order valence-electron chi connectivity index (χ2n) is 6.72. The van der Waals surface area contributed by atoms with E-state index in [1.165, 1.54) is 12.1 Å². The first-order valence-corrected chi connectivity index (χ1v) is 10.5. The lowest BCUT2D eigenvalue weighted by Crippen LogP contribution is -2.25. The van der Waals surface area contributed by atoms with Crippen molar-refractivity contribution < 1.29 is 26.3 Å². The van der Waals surface area contributed by atoms with E-state index in [0.29, 0.717) is 12.1 Å². The van der Waals surface area contributed by atoms with Crippen LogP contribution in [0.3, 0.4) is 0 Å². The lowest BCUT2D eigenvalue weighted by Gasteiger charge is -2.14. The van der Waals surface area contributed by atoms with Crippen molar-refractivity contribution in [3.63, 3.8) is 0 Å². The summed E-state index contributed by atoms with van der Waals surface area (Å²) in [6.07, 6.45) is -5.00. The van der Waals surface area contributed by atoms with Gasteiger partial charge in [-0.2, -0.15) is 5.10 Å². The third-order valence-corrected chi connectivity index (χ3v) is 5.70. The highest BCUT2D eigenvalue weighted by Crippen LogP contribution is 2.29. The molecule has 160 valence electrons. The van der Waals surface area contributed by atoms with Crippen molar-refractivity contribution in [3.8, 4) is 5.75 Å². The largest absolute Gasteiger partial charge is 0.573 e. The average Bonchev–Trinajstić information content (AvgIpc) is 2.96. The van der Waals surface area contributed by atoms with E-state index in [9.17, 15) is 21.6 Å². The van der Waals surface area contributed by atoms with Crippen molar-refractivity contribution in [1.82, 2.24) is 14.5 Å². The van der Waals surface area contributed by atoms with Crippen LogP contribution in [-0.4, -0.2) is 24.6 Å². The Kier molecular flexibility index (Phi) is 6.18. The smallest absolute Gasteiger partial charge is 0.404 e. The number of benzene rings is 2. The molecule has 0 spiro atoms. The van der Waals surface area contributed by atoms with Gasteiger partial charge < -0.3 is 4.74 Å². The molecule has 0 bridgehead atoms. The maximum absolute atomic E-state index is 12.6. The highest BCUT2D eigenvalue weighted by molar-refractivity contribution is 7.89. The van der Waals surface area contributed by atoms with Crippen LogP contribution in [0.15, 0.2) is 59.5 Å². The molecule has 6 nitrogen and oxygen atoms in total. The summed E-state index contributed by atoms with van der Waals surface area (Å²) in [6, 6.07) is 13.8. The minimum Gasteiger partial charge on any atom is -0.404 e. The van der Waals surface area contributed by atoms with Gasteiger partial charge in [-0.15, -0.1) is 13.2 Å². The molecule has 0 radical (unpaired) electrons.